The summed E-state index contributed by atoms with van der Waals surface area (Å²) < 4.78 is 5.77. The molecular weight excluding hydrogens is 262 g/mol. The normalized spacial score (nSPS) is 22.9. The molecule has 1 aliphatic carbocycles. The fourth-order valence-corrected chi connectivity index (χ4v) is 3.89. The van der Waals surface area contributed by atoms with E-state index in [1.807, 2.05) is 6.07 Å². The van der Waals surface area contributed by atoms with Gasteiger partial charge in [0.05, 0.1) is 13.2 Å². The van der Waals surface area contributed by atoms with Crippen molar-refractivity contribution in [1.82, 2.24) is 4.90 Å². The number of nitrogens with zero attached hydrogens (tertiary/aromatic N) is 1. The third-order valence-electron chi connectivity index (χ3n) is 5.02. The van der Waals surface area contributed by atoms with E-state index in [4.69, 9.17) is 4.74 Å². The van der Waals surface area contributed by atoms with E-state index in [1.54, 1.807) is 0 Å². The Morgan fingerprint density at radius 3 is 2.71 bits per heavy atom. The minimum Gasteiger partial charge on any atom is -0.493 e. The van der Waals surface area contributed by atoms with Crippen molar-refractivity contribution < 1.29 is 9.84 Å². The first-order chi connectivity index (χ1) is 10.4. The number of fused-ring (bicyclic) bond motifs is 1. The second kappa shape index (κ2) is 7.28. The first-order valence-electron chi connectivity index (χ1n) is 8.45. The molecule has 0 amide bonds. The molecule has 3 heteroatoms. The summed E-state index contributed by atoms with van der Waals surface area (Å²) in [5, 5.41) is 9.43. The first-order valence-corrected chi connectivity index (χ1v) is 8.45. The fraction of sp³-hybridized carbons (Fsp3) is 0.667. The number of hydrogen-bond acceptors (Lipinski definition) is 3. The molecule has 0 saturated heterocycles. The van der Waals surface area contributed by atoms with Crippen molar-refractivity contribution in [2.45, 2.75) is 50.5 Å². The largest absolute Gasteiger partial charge is 0.493 e. The molecule has 0 radical (unpaired) electrons. The predicted octanol–water partition coefficient (Wildman–Crippen LogP) is 3.18. The second-order valence-corrected chi connectivity index (χ2v) is 6.38. The van der Waals surface area contributed by atoms with Crippen LogP contribution in [0.2, 0.25) is 0 Å². The lowest BCUT2D eigenvalue weighted by Gasteiger charge is -2.37. The molecule has 1 atom stereocenters. The lowest BCUT2D eigenvalue weighted by atomic mass is 9.89. The molecule has 3 rings (SSSR count). The van der Waals surface area contributed by atoms with Gasteiger partial charge < -0.3 is 9.84 Å². The Morgan fingerprint density at radius 1 is 1.10 bits per heavy atom. The Bertz CT molecular complexity index is 443. The van der Waals surface area contributed by atoms with Crippen molar-refractivity contribution in [2.75, 3.05) is 26.3 Å². The van der Waals surface area contributed by atoms with Gasteiger partial charge in [0.15, 0.2) is 0 Å². The molecule has 3 nitrogen and oxygen atoms in total. The molecule has 116 valence electrons. The first kappa shape index (κ1) is 14.9. The average molecular weight is 289 g/mol. The molecule has 0 bridgehead atoms. The van der Waals surface area contributed by atoms with Crippen LogP contribution in [0.15, 0.2) is 24.3 Å². The summed E-state index contributed by atoms with van der Waals surface area (Å²) in [7, 11) is 0. The SMILES string of the molecule is OCCN(CC1CCOc2ccccc21)C1CCCCC1. The van der Waals surface area contributed by atoms with E-state index >= 15 is 0 Å². The molecule has 21 heavy (non-hydrogen) atoms. The molecule has 0 aromatic heterocycles. The van der Waals surface area contributed by atoms with Gasteiger partial charge in [-0.15, -0.1) is 0 Å². The lowest BCUT2D eigenvalue weighted by molar-refractivity contribution is 0.109. The van der Waals surface area contributed by atoms with Crippen molar-refractivity contribution in [3.8, 4) is 5.75 Å². The van der Waals surface area contributed by atoms with E-state index in [-0.39, 0.29) is 6.61 Å². The Hall–Kier alpha value is -1.06. The lowest BCUT2D eigenvalue weighted by Crippen LogP contribution is -2.41. The Kier molecular flexibility index (Phi) is 5.15. The number of benzene rings is 1. The van der Waals surface area contributed by atoms with Gasteiger partial charge in [-0.25, -0.2) is 0 Å². The van der Waals surface area contributed by atoms with Gasteiger partial charge in [0.25, 0.3) is 0 Å². The standard InChI is InChI=1S/C18H27NO2/c20-12-11-19(16-6-2-1-3-7-16)14-15-10-13-21-18-9-5-4-8-17(15)18/h4-5,8-9,15-16,20H,1-3,6-7,10-14H2. The highest BCUT2D eigenvalue weighted by molar-refractivity contribution is 5.37. The molecule has 1 saturated carbocycles. The maximum Gasteiger partial charge on any atom is 0.122 e. The molecular formula is C18H27NO2. The number of aliphatic hydroxyl groups is 1. The van der Waals surface area contributed by atoms with E-state index in [0.29, 0.717) is 12.0 Å². The van der Waals surface area contributed by atoms with Gasteiger partial charge in [0.2, 0.25) is 0 Å². The number of ether oxygens (including phenoxy) is 1. The summed E-state index contributed by atoms with van der Waals surface area (Å²) >= 11 is 0. The van der Waals surface area contributed by atoms with Crippen LogP contribution in [-0.2, 0) is 0 Å². The van der Waals surface area contributed by atoms with E-state index in [1.165, 1.54) is 37.7 Å². The van der Waals surface area contributed by atoms with Gasteiger partial charge in [0.1, 0.15) is 5.75 Å². The van der Waals surface area contributed by atoms with Crippen LogP contribution in [0, 0.1) is 0 Å². The minimum absolute atomic E-state index is 0.265. The monoisotopic (exact) mass is 289 g/mol. The van der Waals surface area contributed by atoms with Crippen molar-refractivity contribution in [2.24, 2.45) is 0 Å². The Balaban J connectivity index is 1.71. The van der Waals surface area contributed by atoms with Crippen LogP contribution in [0.3, 0.4) is 0 Å². The molecule has 1 heterocycles. The zero-order valence-corrected chi connectivity index (χ0v) is 12.8. The van der Waals surface area contributed by atoms with Crippen LogP contribution in [0.4, 0.5) is 0 Å². The average Bonchev–Trinajstić information content (AvgIpc) is 2.55. The predicted molar refractivity (Wildman–Crippen MR) is 84.8 cm³/mol. The molecule has 0 spiro atoms. The zero-order chi connectivity index (χ0) is 14.5. The van der Waals surface area contributed by atoms with Gasteiger partial charge in [-0.3, -0.25) is 4.90 Å². The summed E-state index contributed by atoms with van der Waals surface area (Å²) in [6, 6.07) is 9.11. The number of aliphatic hydroxyl groups excluding tert-OH is 1. The molecule has 1 aromatic rings. The quantitative estimate of drug-likeness (QED) is 0.903. The summed E-state index contributed by atoms with van der Waals surface area (Å²) in [6.07, 6.45) is 7.75. The number of rotatable bonds is 5. The molecule has 1 aliphatic heterocycles. The van der Waals surface area contributed by atoms with Crippen LogP contribution >= 0.6 is 0 Å². The van der Waals surface area contributed by atoms with E-state index in [2.05, 4.69) is 23.1 Å². The maximum atomic E-state index is 9.43. The molecule has 1 fully saturated rings. The van der Waals surface area contributed by atoms with Crippen LogP contribution in [0.5, 0.6) is 5.75 Å². The molecule has 1 aromatic carbocycles. The summed E-state index contributed by atoms with van der Waals surface area (Å²) in [5.41, 5.74) is 1.35. The van der Waals surface area contributed by atoms with Crippen LogP contribution in [0.1, 0.15) is 50.0 Å². The van der Waals surface area contributed by atoms with Crippen molar-refractivity contribution in [3.05, 3.63) is 29.8 Å². The number of para-hydroxylation sites is 1. The summed E-state index contributed by atoms with van der Waals surface area (Å²) in [4.78, 5) is 2.53. The third kappa shape index (κ3) is 3.58. The smallest absolute Gasteiger partial charge is 0.122 e. The van der Waals surface area contributed by atoms with Crippen molar-refractivity contribution >= 4 is 0 Å². The Labute approximate surface area is 127 Å². The molecule has 2 aliphatic rings. The summed E-state index contributed by atoms with van der Waals surface area (Å²) in [5.74, 6) is 1.60. The summed E-state index contributed by atoms with van der Waals surface area (Å²) in [6.45, 7) is 2.95. The molecule has 1 N–H and O–H groups in total. The minimum atomic E-state index is 0.265. The van der Waals surface area contributed by atoms with E-state index in [0.717, 1.165) is 31.9 Å². The third-order valence-corrected chi connectivity index (χ3v) is 5.02. The van der Waals surface area contributed by atoms with Gasteiger partial charge in [-0.1, -0.05) is 37.5 Å². The number of hydrogen-bond donors (Lipinski definition) is 1. The van der Waals surface area contributed by atoms with Gasteiger partial charge in [-0.05, 0) is 30.9 Å². The maximum absolute atomic E-state index is 9.43. The second-order valence-electron chi connectivity index (χ2n) is 6.38. The van der Waals surface area contributed by atoms with E-state index < -0.39 is 0 Å². The van der Waals surface area contributed by atoms with Gasteiger partial charge in [-0.2, -0.15) is 0 Å². The highest BCUT2D eigenvalue weighted by atomic mass is 16.5. The molecule has 1 unspecified atom stereocenters. The van der Waals surface area contributed by atoms with Crippen molar-refractivity contribution in [3.63, 3.8) is 0 Å². The Morgan fingerprint density at radius 2 is 1.90 bits per heavy atom. The van der Waals surface area contributed by atoms with Crippen molar-refractivity contribution in [1.29, 1.82) is 0 Å². The topological polar surface area (TPSA) is 32.7 Å². The fourth-order valence-electron chi connectivity index (χ4n) is 3.89. The zero-order valence-electron chi connectivity index (χ0n) is 12.8. The van der Waals surface area contributed by atoms with Gasteiger partial charge in [0, 0.05) is 25.0 Å². The van der Waals surface area contributed by atoms with Crippen LogP contribution in [-0.4, -0.2) is 42.4 Å². The van der Waals surface area contributed by atoms with Gasteiger partial charge >= 0.3 is 0 Å². The van der Waals surface area contributed by atoms with Crippen LogP contribution in [0.25, 0.3) is 0 Å². The van der Waals surface area contributed by atoms with E-state index in [9.17, 15) is 5.11 Å². The van der Waals surface area contributed by atoms with Crippen LogP contribution < -0.4 is 4.74 Å². The highest BCUT2D eigenvalue weighted by Crippen LogP contribution is 2.35. The highest BCUT2D eigenvalue weighted by Gasteiger charge is 2.27.